The van der Waals surface area contributed by atoms with Crippen LogP contribution in [0.2, 0.25) is 0 Å². The summed E-state index contributed by atoms with van der Waals surface area (Å²) in [6, 6.07) is 14.9. The number of nitrogens with one attached hydrogen (secondary N) is 1. The van der Waals surface area contributed by atoms with Crippen molar-refractivity contribution in [3.05, 3.63) is 59.7 Å². The molecule has 0 saturated carbocycles. The summed E-state index contributed by atoms with van der Waals surface area (Å²) in [5.74, 6) is 1.27. The molecule has 3 rings (SSSR count). The lowest BCUT2D eigenvalue weighted by Crippen LogP contribution is -2.28. The zero-order valence-electron chi connectivity index (χ0n) is 14.3. The summed E-state index contributed by atoms with van der Waals surface area (Å²) in [6.45, 7) is 2.07. The molecule has 0 bridgehead atoms. The smallest absolute Gasteiger partial charge is 0.259 e. The van der Waals surface area contributed by atoms with Crippen molar-refractivity contribution in [2.45, 2.75) is 18.9 Å². The van der Waals surface area contributed by atoms with Crippen molar-refractivity contribution in [1.82, 2.24) is 0 Å². The van der Waals surface area contributed by atoms with Crippen molar-refractivity contribution >= 4 is 28.5 Å². The summed E-state index contributed by atoms with van der Waals surface area (Å²) < 4.78 is 5.26. The average molecular weight is 355 g/mol. The van der Waals surface area contributed by atoms with Gasteiger partial charge in [-0.2, -0.15) is 0 Å². The van der Waals surface area contributed by atoms with E-state index in [-0.39, 0.29) is 11.4 Å². The number of aliphatic imine (C=N–C) groups is 1. The molecule has 25 heavy (non-hydrogen) atoms. The molecular formula is C19H21N3O2S. The summed E-state index contributed by atoms with van der Waals surface area (Å²) in [5.41, 5.74) is 7.80. The van der Waals surface area contributed by atoms with Crippen LogP contribution in [0.4, 0.5) is 5.69 Å². The third-order valence-electron chi connectivity index (χ3n) is 4.29. The van der Waals surface area contributed by atoms with Crippen molar-refractivity contribution in [1.29, 1.82) is 0 Å². The van der Waals surface area contributed by atoms with Crippen molar-refractivity contribution < 1.29 is 9.53 Å². The second-order valence-corrected chi connectivity index (χ2v) is 7.17. The van der Waals surface area contributed by atoms with Crippen LogP contribution in [-0.4, -0.2) is 23.9 Å². The van der Waals surface area contributed by atoms with E-state index in [9.17, 15) is 4.79 Å². The van der Waals surface area contributed by atoms with Gasteiger partial charge in [0.05, 0.1) is 18.2 Å². The van der Waals surface area contributed by atoms with Crippen LogP contribution in [0.3, 0.4) is 0 Å². The Labute approximate surface area is 151 Å². The van der Waals surface area contributed by atoms with Crippen LogP contribution in [0.25, 0.3) is 0 Å². The second-order valence-electron chi connectivity index (χ2n) is 6.06. The van der Waals surface area contributed by atoms with Crippen LogP contribution in [-0.2, 0) is 5.54 Å². The van der Waals surface area contributed by atoms with Gasteiger partial charge in [0.15, 0.2) is 5.17 Å². The summed E-state index contributed by atoms with van der Waals surface area (Å²) >= 11 is 1.58. The maximum Gasteiger partial charge on any atom is 0.259 e. The Morgan fingerprint density at radius 2 is 2.08 bits per heavy atom. The van der Waals surface area contributed by atoms with E-state index >= 15 is 0 Å². The Kier molecular flexibility index (Phi) is 4.99. The molecule has 0 radical (unpaired) electrons. The number of carbonyl (C=O) groups is 1. The number of anilines is 1. The Morgan fingerprint density at radius 1 is 1.28 bits per heavy atom. The van der Waals surface area contributed by atoms with Gasteiger partial charge in [0.1, 0.15) is 5.75 Å². The van der Waals surface area contributed by atoms with Crippen LogP contribution >= 0.6 is 11.8 Å². The number of amidine groups is 1. The molecular weight excluding hydrogens is 334 g/mol. The SMILES string of the molecule is COc1ccccc1C(=O)Nc1cccc(C2(C)CCSC(N)=N2)c1. The third-order valence-corrected chi connectivity index (χ3v) is 5.09. The molecule has 0 saturated heterocycles. The van der Waals surface area contributed by atoms with Crippen molar-refractivity contribution in [3.63, 3.8) is 0 Å². The molecule has 1 unspecified atom stereocenters. The Bertz CT molecular complexity index is 822. The summed E-state index contributed by atoms with van der Waals surface area (Å²) in [4.78, 5) is 17.2. The maximum atomic E-state index is 12.6. The Hall–Kier alpha value is -2.47. The third kappa shape index (κ3) is 3.79. The molecule has 2 aromatic rings. The van der Waals surface area contributed by atoms with Crippen molar-refractivity contribution in [3.8, 4) is 5.75 Å². The van der Waals surface area contributed by atoms with Crippen LogP contribution < -0.4 is 15.8 Å². The largest absolute Gasteiger partial charge is 0.496 e. The predicted octanol–water partition coefficient (Wildman–Crippen LogP) is 3.61. The van der Waals surface area contributed by atoms with E-state index in [0.29, 0.717) is 16.5 Å². The number of methoxy groups -OCH3 is 1. The van der Waals surface area contributed by atoms with Gasteiger partial charge >= 0.3 is 0 Å². The first kappa shape index (κ1) is 17.4. The molecule has 130 valence electrons. The molecule has 1 amide bonds. The van der Waals surface area contributed by atoms with E-state index in [1.54, 1.807) is 31.0 Å². The van der Waals surface area contributed by atoms with Gasteiger partial charge in [0, 0.05) is 11.4 Å². The zero-order chi connectivity index (χ0) is 17.9. The molecule has 6 heteroatoms. The first-order chi connectivity index (χ1) is 12.0. The van der Waals surface area contributed by atoms with Gasteiger partial charge in [-0.1, -0.05) is 36.0 Å². The number of hydrogen-bond donors (Lipinski definition) is 2. The lowest BCUT2D eigenvalue weighted by atomic mass is 9.89. The minimum absolute atomic E-state index is 0.207. The Balaban J connectivity index is 1.85. The van der Waals surface area contributed by atoms with Gasteiger partial charge in [-0.15, -0.1) is 0 Å². The number of para-hydroxylation sites is 1. The summed E-state index contributed by atoms with van der Waals surface area (Å²) in [5, 5.41) is 3.55. The normalized spacial score (nSPS) is 19.8. The van der Waals surface area contributed by atoms with E-state index < -0.39 is 0 Å². The van der Waals surface area contributed by atoms with E-state index in [0.717, 1.165) is 23.4 Å². The van der Waals surface area contributed by atoms with Gasteiger partial charge in [0.25, 0.3) is 5.91 Å². The molecule has 1 heterocycles. The van der Waals surface area contributed by atoms with Crippen LogP contribution in [0.1, 0.15) is 29.3 Å². The highest BCUT2D eigenvalue weighted by Gasteiger charge is 2.29. The number of amides is 1. The molecule has 1 aliphatic heterocycles. The topological polar surface area (TPSA) is 76.7 Å². The zero-order valence-corrected chi connectivity index (χ0v) is 15.1. The van der Waals surface area contributed by atoms with Crippen molar-refractivity contribution in [2.24, 2.45) is 10.7 Å². The van der Waals surface area contributed by atoms with Crippen LogP contribution in [0.15, 0.2) is 53.5 Å². The molecule has 0 spiro atoms. The van der Waals surface area contributed by atoms with Gasteiger partial charge in [-0.25, -0.2) is 0 Å². The highest BCUT2D eigenvalue weighted by molar-refractivity contribution is 8.13. The minimum atomic E-state index is -0.361. The number of nitrogens with zero attached hydrogens (tertiary/aromatic N) is 1. The first-order valence-electron chi connectivity index (χ1n) is 8.05. The number of rotatable bonds is 4. The number of ether oxygens (including phenoxy) is 1. The highest BCUT2D eigenvalue weighted by atomic mass is 32.2. The molecule has 3 N–H and O–H groups in total. The molecule has 1 aliphatic rings. The maximum absolute atomic E-state index is 12.6. The van der Waals surface area contributed by atoms with Gasteiger partial charge < -0.3 is 15.8 Å². The standard InChI is InChI=1S/C19H21N3O2S/c1-19(10-11-25-18(20)22-19)13-6-5-7-14(12-13)21-17(23)15-8-3-4-9-16(15)24-2/h3-9,12H,10-11H2,1-2H3,(H2,20,22)(H,21,23). The summed E-state index contributed by atoms with van der Waals surface area (Å²) in [7, 11) is 1.55. The molecule has 0 fully saturated rings. The number of thioether (sulfide) groups is 1. The molecule has 2 aromatic carbocycles. The first-order valence-corrected chi connectivity index (χ1v) is 9.03. The lowest BCUT2D eigenvalue weighted by Gasteiger charge is -2.30. The van der Waals surface area contributed by atoms with E-state index in [1.165, 1.54) is 0 Å². The fourth-order valence-electron chi connectivity index (χ4n) is 2.86. The lowest BCUT2D eigenvalue weighted by molar-refractivity contribution is 0.102. The molecule has 0 aliphatic carbocycles. The number of nitrogens with two attached hydrogens (primary N) is 1. The van der Waals surface area contributed by atoms with Gasteiger partial charge in [-0.05, 0) is 43.2 Å². The summed E-state index contributed by atoms with van der Waals surface area (Å²) in [6.07, 6.45) is 0.905. The monoisotopic (exact) mass is 355 g/mol. The molecule has 0 aromatic heterocycles. The fourth-order valence-corrected chi connectivity index (χ4v) is 3.83. The average Bonchev–Trinajstić information content (AvgIpc) is 2.61. The number of carbonyl (C=O) groups excluding carboxylic acids is 1. The van der Waals surface area contributed by atoms with Crippen molar-refractivity contribution in [2.75, 3.05) is 18.2 Å². The van der Waals surface area contributed by atoms with E-state index in [2.05, 4.69) is 17.2 Å². The highest BCUT2D eigenvalue weighted by Crippen LogP contribution is 2.36. The molecule has 1 atom stereocenters. The second kappa shape index (κ2) is 7.19. The fraction of sp³-hybridized carbons (Fsp3) is 0.263. The predicted molar refractivity (Wildman–Crippen MR) is 103 cm³/mol. The Morgan fingerprint density at radius 3 is 2.84 bits per heavy atom. The van der Waals surface area contributed by atoms with Gasteiger partial charge in [0.2, 0.25) is 0 Å². The van der Waals surface area contributed by atoms with E-state index in [4.69, 9.17) is 10.5 Å². The van der Waals surface area contributed by atoms with Gasteiger partial charge in [-0.3, -0.25) is 9.79 Å². The van der Waals surface area contributed by atoms with Crippen LogP contribution in [0, 0.1) is 0 Å². The number of benzene rings is 2. The quantitative estimate of drug-likeness (QED) is 0.878. The minimum Gasteiger partial charge on any atom is -0.496 e. The number of hydrogen-bond acceptors (Lipinski definition) is 5. The van der Waals surface area contributed by atoms with Crippen LogP contribution in [0.5, 0.6) is 5.75 Å². The molecule has 5 nitrogen and oxygen atoms in total. The van der Waals surface area contributed by atoms with E-state index in [1.807, 2.05) is 36.4 Å².